The van der Waals surface area contributed by atoms with E-state index in [1.807, 2.05) is 45.0 Å². The minimum atomic E-state index is -4.47. The number of carbonyl (C=O) groups is 1. The first kappa shape index (κ1) is 23.8. The minimum absolute atomic E-state index is 0.0385. The standard InChI is InChI=1S/C23H29F3N4O2/c1-5-19-18(23(24,25)26)14-27-20(29-19)28-17-8-6-15(7-9-17)16-10-12-30(13-11-16)21(31)32-22(2,3)4/h6-9,14,16H,5,10-13H2,1-4H3,(H,27,28,29). The smallest absolute Gasteiger partial charge is 0.419 e. The molecule has 0 unspecified atom stereocenters. The fourth-order valence-electron chi connectivity index (χ4n) is 3.67. The van der Waals surface area contributed by atoms with Crippen LogP contribution in [0.2, 0.25) is 0 Å². The van der Waals surface area contributed by atoms with E-state index in [0.717, 1.165) is 24.6 Å². The van der Waals surface area contributed by atoms with Crippen LogP contribution in [0.5, 0.6) is 0 Å². The molecule has 32 heavy (non-hydrogen) atoms. The molecule has 174 valence electrons. The number of anilines is 2. The van der Waals surface area contributed by atoms with Crippen molar-refractivity contribution in [2.45, 2.75) is 64.7 Å². The molecule has 1 amide bonds. The number of benzene rings is 1. The van der Waals surface area contributed by atoms with Gasteiger partial charge in [0.25, 0.3) is 0 Å². The largest absolute Gasteiger partial charge is 0.444 e. The average molecular weight is 451 g/mol. The lowest BCUT2D eigenvalue weighted by Gasteiger charge is -2.33. The highest BCUT2D eigenvalue weighted by molar-refractivity contribution is 5.68. The zero-order valence-electron chi connectivity index (χ0n) is 18.8. The molecule has 2 heterocycles. The summed E-state index contributed by atoms with van der Waals surface area (Å²) in [6, 6.07) is 7.70. The van der Waals surface area contributed by atoms with Gasteiger partial charge in [0.1, 0.15) is 5.60 Å². The van der Waals surface area contributed by atoms with Gasteiger partial charge in [0.05, 0.1) is 11.3 Å². The first-order chi connectivity index (χ1) is 15.0. The Labute approximate surface area is 186 Å². The Balaban J connectivity index is 1.60. The Bertz CT molecular complexity index is 932. The average Bonchev–Trinajstić information content (AvgIpc) is 2.72. The summed E-state index contributed by atoms with van der Waals surface area (Å²) in [7, 11) is 0. The molecule has 1 aliphatic rings. The van der Waals surface area contributed by atoms with Crippen molar-refractivity contribution in [3.63, 3.8) is 0 Å². The zero-order valence-corrected chi connectivity index (χ0v) is 18.8. The van der Waals surface area contributed by atoms with Gasteiger partial charge in [-0.3, -0.25) is 0 Å². The van der Waals surface area contributed by atoms with Crippen molar-refractivity contribution >= 4 is 17.7 Å². The molecule has 1 saturated heterocycles. The van der Waals surface area contributed by atoms with Crippen molar-refractivity contribution in [2.75, 3.05) is 18.4 Å². The van der Waals surface area contributed by atoms with Gasteiger partial charge in [-0.15, -0.1) is 0 Å². The van der Waals surface area contributed by atoms with E-state index in [0.29, 0.717) is 24.7 Å². The third kappa shape index (κ3) is 6.11. The molecule has 6 nitrogen and oxygen atoms in total. The molecular weight excluding hydrogens is 421 g/mol. The second-order valence-corrected chi connectivity index (χ2v) is 8.89. The summed E-state index contributed by atoms with van der Waals surface area (Å²) in [6.45, 7) is 8.46. The molecule has 0 spiro atoms. The number of ether oxygens (including phenoxy) is 1. The van der Waals surface area contributed by atoms with E-state index in [1.54, 1.807) is 11.8 Å². The SMILES string of the molecule is CCc1nc(Nc2ccc(C3CCN(C(=O)OC(C)(C)C)CC3)cc2)ncc1C(F)(F)F. The maximum absolute atomic E-state index is 13.0. The van der Waals surface area contributed by atoms with Crippen molar-refractivity contribution in [1.82, 2.24) is 14.9 Å². The molecule has 0 aliphatic carbocycles. The van der Waals surface area contributed by atoms with Gasteiger partial charge in [0, 0.05) is 25.0 Å². The molecule has 0 radical (unpaired) electrons. The lowest BCUT2D eigenvalue weighted by atomic mass is 9.89. The Morgan fingerprint density at radius 3 is 2.31 bits per heavy atom. The number of likely N-dealkylation sites (tertiary alicyclic amines) is 1. The molecule has 0 saturated carbocycles. The third-order valence-electron chi connectivity index (χ3n) is 5.29. The van der Waals surface area contributed by atoms with Crippen molar-refractivity contribution in [3.8, 4) is 0 Å². The molecule has 0 bridgehead atoms. The number of halogens is 3. The van der Waals surface area contributed by atoms with Crippen LogP contribution >= 0.6 is 0 Å². The summed E-state index contributed by atoms with van der Waals surface area (Å²) in [5, 5.41) is 2.97. The Morgan fingerprint density at radius 2 is 1.78 bits per heavy atom. The molecule has 1 aromatic heterocycles. The van der Waals surface area contributed by atoms with Crippen LogP contribution in [0.3, 0.4) is 0 Å². The molecule has 9 heteroatoms. The Kier molecular flexibility index (Phi) is 6.95. The van der Waals surface area contributed by atoms with Crippen LogP contribution in [0.1, 0.15) is 63.3 Å². The number of aromatic nitrogens is 2. The van der Waals surface area contributed by atoms with Crippen molar-refractivity contribution < 1.29 is 22.7 Å². The maximum Gasteiger partial charge on any atom is 0.419 e. The second-order valence-electron chi connectivity index (χ2n) is 8.89. The number of hydrogen-bond acceptors (Lipinski definition) is 5. The van der Waals surface area contributed by atoms with Gasteiger partial charge in [-0.25, -0.2) is 14.8 Å². The van der Waals surface area contributed by atoms with Crippen molar-refractivity contribution in [2.24, 2.45) is 0 Å². The Hall–Kier alpha value is -2.84. The van der Waals surface area contributed by atoms with E-state index in [9.17, 15) is 18.0 Å². The van der Waals surface area contributed by atoms with Gasteiger partial charge < -0.3 is 15.0 Å². The fraction of sp³-hybridized carbons (Fsp3) is 0.522. The third-order valence-corrected chi connectivity index (χ3v) is 5.29. The van der Waals surface area contributed by atoms with Crippen LogP contribution in [0.15, 0.2) is 30.5 Å². The van der Waals surface area contributed by atoms with E-state index in [4.69, 9.17) is 4.74 Å². The first-order valence-electron chi connectivity index (χ1n) is 10.7. The number of carbonyl (C=O) groups excluding carboxylic acids is 1. The highest BCUT2D eigenvalue weighted by Gasteiger charge is 2.34. The quantitative estimate of drug-likeness (QED) is 0.627. The molecule has 1 aliphatic heterocycles. The number of rotatable bonds is 4. The molecule has 0 atom stereocenters. The predicted octanol–water partition coefficient (Wildman–Crippen LogP) is 5.92. The maximum atomic E-state index is 13.0. The van der Waals surface area contributed by atoms with Gasteiger partial charge in [0.15, 0.2) is 0 Å². The number of nitrogens with zero attached hydrogens (tertiary/aromatic N) is 3. The highest BCUT2D eigenvalue weighted by Crippen LogP contribution is 2.32. The molecule has 1 N–H and O–H groups in total. The van der Waals surface area contributed by atoms with Crippen molar-refractivity contribution in [1.29, 1.82) is 0 Å². The predicted molar refractivity (Wildman–Crippen MR) is 116 cm³/mol. The highest BCUT2D eigenvalue weighted by atomic mass is 19.4. The van der Waals surface area contributed by atoms with Gasteiger partial charge >= 0.3 is 12.3 Å². The summed E-state index contributed by atoms with van der Waals surface area (Å²) in [5.41, 5.74) is 0.497. The van der Waals surface area contributed by atoms with E-state index < -0.39 is 17.3 Å². The number of hydrogen-bond donors (Lipinski definition) is 1. The van der Waals surface area contributed by atoms with Crippen LogP contribution in [0.25, 0.3) is 0 Å². The summed E-state index contributed by atoms with van der Waals surface area (Å²) in [6.07, 6.45) is -2.08. The van der Waals surface area contributed by atoms with E-state index >= 15 is 0 Å². The number of piperidine rings is 1. The lowest BCUT2D eigenvalue weighted by molar-refractivity contribution is -0.138. The minimum Gasteiger partial charge on any atom is -0.444 e. The van der Waals surface area contributed by atoms with Gasteiger partial charge in [0.2, 0.25) is 5.95 Å². The molecule has 1 fully saturated rings. The number of nitrogens with one attached hydrogen (secondary N) is 1. The summed E-state index contributed by atoms with van der Waals surface area (Å²) >= 11 is 0. The number of aryl methyl sites for hydroxylation is 1. The second kappa shape index (κ2) is 9.34. The van der Waals surface area contributed by atoms with Gasteiger partial charge in [-0.2, -0.15) is 13.2 Å². The van der Waals surface area contributed by atoms with Crippen molar-refractivity contribution in [3.05, 3.63) is 47.3 Å². The van der Waals surface area contributed by atoms with Crippen LogP contribution in [0, 0.1) is 0 Å². The number of alkyl halides is 3. The zero-order chi connectivity index (χ0) is 23.5. The van der Waals surface area contributed by atoms with Gasteiger partial charge in [-0.1, -0.05) is 19.1 Å². The monoisotopic (exact) mass is 450 g/mol. The summed E-state index contributed by atoms with van der Waals surface area (Å²) in [5.74, 6) is 0.463. The van der Waals surface area contributed by atoms with E-state index in [1.165, 1.54) is 0 Å². The van der Waals surface area contributed by atoms with Crippen LogP contribution < -0.4 is 5.32 Å². The molecule has 1 aromatic carbocycles. The Morgan fingerprint density at radius 1 is 1.16 bits per heavy atom. The molecule has 3 rings (SSSR count). The summed E-state index contributed by atoms with van der Waals surface area (Å²) < 4.78 is 44.5. The lowest BCUT2D eigenvalue weighted by Crippen LogP contribution is -2.41. The number of amides is 1. The van der Waals surface area contributed by atoms with Gasteiger partial charge in [-0.05, 0) is 63.6 Å². The summed E-state index contributed by atoms with van der Waals surface area (Å²) in [4.78, 5) is 21.8. The van der Waals surface area contributed by atoms with E-state index in [-0.39, 0.29) is 24.2 Å². The normalized spacial score (nSPS) is 15.5. The molecular formula is C23H29F3N4O2. The van der Waals surface area contributed by atoms with Crippen LogP contribution in [-0.2, 0) is 17.3 Å². The topological polar surface area (TPSA) is 67.4 Å². The van der Waals surface area contributed by atoms with E-state index in [2.05, 4.69) is 15.3 Å². The fourth-order valence-corrected chi connectivity index (χ4v) is 3.67. The van der Waals surface area contributed by atoms with Crippen LogP contribution in [0.4, 0.5) is 29.6 Å². The first-order valence-corrected chi connectivity index (χ1v) is 10.7. The molecule has 2 aromatic rings. The van der Waals surface area contributed by atoms with Crippen LogP contribution in [-0.4, -0.2) is 39.7 Å².